The zero-order valence-corrected chi connectivity index (χ0v) is 11.5. The van der Waals surface area contributed by atoms with Crippen molar-refractivity contribution in [2.75, 3.05) is 32.2 Å². The fraction of sp³-hybridized carbons (Fsp3) is 0.500. The minimum Gasteiger partial charge on any atom is -0.389 e. The van der Waals surface area contributed by atoms with Crippen molar-refractivity contribution in [3.63, 3.8) is 0 Å². The number of hydrogen-bond acceptors (Lipinski definition) is 3. The zero-order valence-electron chi connectivity index (χ0n) is 9.90. The van der Waals surface area contributed by atoms with Crippen LogP contribution in [0.2, 0.25) is 0 Å². The molecule has 0 radical (unpaired) electrons. The summed E-state index contributed by atoms with van der Waals surface area (Å²) in [7, 11) is 3.71. The van der Waals surface area contributed by atoms with Crippen molar-refractivity contribution in [1.82, 2.24) is 0 Å². The van der Waals surface area contributed by atoms with Crippen LogP contribution < -0.4 is 4.90 Å². The average Bonchev–Trinajstić information content (AvgIpc) is 2.25. The summed E-state index contributed by atoms with van der Waals surface area (Å²) in [5.41, 5.74) is 2.01. The number of aliphatic hydroxyl groups is 1. The summed E-state index contributed by atoms with van der Waals surface area (Å²) in [5, 5.41) is 9.46. The molecule has 0 aromatic heterocycles. The van der Waals surface area contributed by atoms with Crippen LogP contribution in [0, 0.1) is 0 Å². The molecule has 4 heteroatoms. The Morgan fingerprint density at radius 1 is 1.50 bits per heavy atom. The predicted molar refractivity (Wildman–Crippen MR) is 69.9 cm³/mol. The van der Waals surface area contributed by atoms with Crippen molar-refractivity contribution in [3.8, 4) is 0 Å². The number of hydrogen-bond donors (Lipinski definition) is 1. The lowest BCUT2D eigenvalue weighted by Crippen LogP contribution is -2.22. The lowest BCUT2D eigenvalue weighted by Gasteiger charge is -2.21. The third kappa shape index (κ3) is 3.47. The summed E-state index contributed by atoms with van der Waals surface area (Å²) in [4.78, 5) is 2.11. The van der Waals surface area contributed by atoms with E-state index in [1.165, 1.54) is 0 Å². The van der Waals surface area contributed by atoms with Crippen LogP contribution in [0.15, 0.2) is 22.7 Å². The predicted octanol–water partition coefficient (Wildman–Crippen LogP) is 2.59. The molecule has 1 rings (SSSR count). The smallest absolute Gasteiger partial charge is 0.0762 e. The topological polar surface area (TPSA) is 32.7 Å². The van der Waals surface area contributed by atoms with E-state index in [9.17, 15) is 5.11 Å². The fourth-order valence-electron chi connectivity index (χ4n) is 1.44. The van der Waals surface area contributed by atoms with Crippen molar-refractivity contribution < 1.29 is 9.84 Å². The third-order valence-corrected chi connectivity index (χ3v) is 3.13. The van der Waals surface area contributed by atoms with Crippen molar-refractivity contribution >= 4 is 21.6 Å². The van der Waals surface area contributed by atoms with Gasteiger partial charge in [-0.2, -0.15) is 0 Å². The third-order valence-electron chi connectivity index (χ3n) is 2.50. The Morgan fingerprint density at radius 3 is 2.69 bits per heavy atom. The molecule has 0 bridgehead atoms. The lowest BCUT2D eigenvalue weighted by molar-refractivity contribution is 0.199. The first-order valence-electron chi connectivity index (χ1n) is 5.24. The minimum atomic E-state index is -0.436. The maximum Gasteiger partial charge on any atom is 0.0762 e. The molecule has 90 valence electrons. The van der Waals surface area contributed by atoms with Crippen molar-refractivity contribution in [3.05, 3.63) is 28.2 Å². The van der Waals surface area contributed by atoms with Gasteiger partial charge in [0.25, 0.3) is 0 Å². The summed E-state index contributed by atoms with van der Waals surface area (Å²) in [6.45, 7) is 3.29. The van der Waals surface area contributed by atoms with E-state index in [0.29, 0.717) is 6.61 Å². The van der Waals surface area contributed by atoms with Gasteiger partial charge in [0.1, 0.15) is 0 Å². The molecule has 1 aromatic carbocycles. The van der Waals surface area contributed by atoms with Crippen molar-refractivity contribution in [2.45, 2.75) is 13.0 Å². The second-order valence-corrected chi connectivity index (χ2v) is 4.66. The first kappa shape index (κ1) is 13.5. The molecule has 1 atom stereocenters. The van der Waals surface area contributed by atoms with Crippen LogP contribution in [-0.2, 0) is 4.74 Å². The van der Waals surface area contributed by atoms with Gasteiger partial charge >= 0.3 is 0 Å². The van der Waals surface area contributed by atoms with Gasteiger partial charge in [-0.1, -0.05) is 6.07 Å². The van der Waals surface area contributed by atoms with Gasteiger partial charge in [0.2, 0.25) is 0 Å². The number of ether oxygens (including phenoxy) is 1. The molecule has 0 fully saturated rings. The Kier molecular flexibility index (Phi) is 5.25. The van der Waals surface area contributed by atoms with E-state index in [-0.39, 0.29) is 0 Å². The quantitative estimate of drug-likeness (QED) is 0.904. The summed E-state index contributed by atoms with van der Waals surface area (Å²) >= 11 is 3.51. The minimum absolute atomic E-state index is 0.436. The van der Waals surface area contributed by atoms with E-state index in [0.717, 1.165) is 22.3 Å². The zero-order chi connectivity index (χ0) is 12.1. The number of halogens is 1. The van der Waals surface area contributed by atoms with Crippen molar-refractivity contribution in [2.24, 2.45) is 0 Å². The van der Waals surface area contributed by atoms with Gasteiger partial charge in [-0.25, -0.2) is 0 Å². The fourth-order valence-corrected chi connectivity index (χ4v) is 2.14. The van der Waals surface area contributed by atoms with Gasteiger partial charge < -0.3 is 14.7 Å². The molecular formula is C12H18BrNO2. The lowest BCUT2D eigenvalue weighted by atomic mass is 10.1. The Labute approximate surface area is 105 Å². The number of likely N-dealkylation sites (N-methyl/N-ethyl adjacent to an activating group) is 1. The highest BCUT2D eigenvalue weighted by atomic mass is 79.9. The highest BCUT2D eigenvalue weighted by molar-refractivity contribution is 9.10. The second-order valence-electron chi connectivity index (χ2n) is 3.80. The Bertz CT molecular complexity index is 342. The van der Waals surface area contributed by atoms with Crippen molar-refractivity contribution in [1.29, 1.82) is 0 Å². The molecule has 0 aliphatic rings. The number of methoxy groups -OCH3 is 1. The molecule has 0 saturated heterocycles. The van der Waals surface area contributed by atoms with E-state index >= 15 is 0 Å². The average molecular weight is 288 g/mol. The first-order chi connectivity index (χ1) is 7.56. The summed E-state index contributed by atoms with van der Waals surface area (Å²) < 4.78 is 6.03. The SMILES string of the molecule is COCCN(C)c1ccc([C@@H](C)O)cc1Br. The molecule has 0 amide bonds. The Morgan fingerprint density at radius 2 is 2.19 bits per heavy atom. The molecule has 0 saturated carbocycles. The van der Waals surface area contributed by atoms with Crippen LogP contribution in [0.5, 0.6) is 0 Å². The van der Waals surface area contributed by atoms with Gasteiger partial charge in [-0.15, -0.1) is 0 Å². The molecular weight excluding hydrogens is 270 g/mol. The molecule has 1 aromatic rings. The number of nitrogens with zero attached hydrogens (tertiary/aromatic N) is 1. The van der Waals surface area contributed by atoms with Crippen LogP contribution in [0.1, 0.15) is 18.6 Å². The Hall–Kier alpha value is -0.580. The van der Waals surface area contributed by atoms with Crippen LogP contribution in [0.4, 0.5) is 5.69 Å². The number of anilines is 1. The molecule has 0 heterocycles. The van der Waals surface area contributed by atoms with E-state index in [4.69, 9.17) is 4.74 Å². The van der Waals surface area contributed by atoms with Crippen LogP contribution in [0.25, 0.3) is 0 Å². The van der Waals surface area contributed by atoms with E-state index < -0.39 is 6.10 Å². The molecule has 1 N–H and O–H groups in total. The maximum atomic E-state index is 9.46. The maximum absolute atomic E-state index is 9.46. The molecule has 0 spiro atoms. The van der Waals surface area contributed by atoms with E-state index in [1.807, 2.05) is 25.2 Å². The van der Waals surface area contributed by atoms with Crippen LogP contribution >= 0.6 is 15.9 Å². The summed E-state index contributed by atoms with van der Waals surface area (Å²) in [6, 6.07) is 5.89. The Balaban J connectivity index is 2.81. The van der Waals surface area contributed by atoms with E-state index in [1.54, 1.807) is 14.0 Å². The highest BCUT2D eigenvalue weighted by Gasteiger charge is 2.08. The number of rotatable bonds is 5. The molecule has 0 aliphatic carbocycles. The summed E-state index contributed by atoms with van der Waals surface area (Å²) in [5.74, 6) is 0. The normalized spacial score (nSPS) is 12.6. The summed E-state index contributed by atoms with van der Waals surface area (Å²) in [6.07, 6.45) is -0.436. The molecule has 0 aliphatic heterocycles. The van der Waals surface area contributed by atoms with Gasteiger partial charge in [-0.05, 0) is 40.5 Å². The largest absolute Gasteiger partial charge is 0.389 e. The first-order valence-corrected chi connectivity index (χ1v) is 6.03. The molecule has 3 nitrogen and oxygen atoms in total. The van der Waals surface area contributed by atoms with Gasteiger partial charge in [0.05, 0.1) is 18.4 Å². The van der Waals surface area contributed by atoms with Crippen LogP contribution in [0.3, 0.4) is 0 Å². The second kappa shape index (κ2) is 6.23. The van der Waals surface area contributed by atoms with Gasteiger partial charge in [0, 0.05) is 25.2 Å². The number of benzene rings is 1. The molecule has 16 heavy (non-hydrogen) atoms. The van der Waals surface area contributed by atoms with Gasteiger partial charge in [-0.3, -0.25) is 0 Å². The highest BCUT2D eigenvalue weighted by Crippen LogP contribution is 2.28. The standard InChI is InChI=1S/C12H18BrNO2/c1-9(15)10-4-5-12(11(13)8-10)14(2)6-7-16-3/h4-5,8-9,15H,6-7H2,1-3H3/t9-/m1/s1. The van der Waals surface area contributed by atoms with Gasteiger partial charge in [0.15, 0.2) is 0 Å². The van der Waals surface area contributed by atoms with E-state index in [2.05, 4.69) is 20.8 Å². The molecule has 0 unspecified atom stereocenters. The number of aliphatic hydroxyl groups excluding tert-OH is 1. The van der Waals surface area contributed by atoms with Crippen LogP contribution in [-0.4, -0.2) is 32.4 Å². The monoisotopic (exact) mass is 287 g/mol.